The number of benzene rings is 2. The lowest BCUT2D eigenvalue weighted by Gasteiger charge is -2.21. The van der Waals surface area contributed by atoms with Gasteiger partial charge in [0.05, 0.1) is 5.75 Å². The number of hydrogen-bond donors (Lipinski definition) is 1. The van der Waals surface area contributed by atoms with Gasteiger partial charge in [-0.1, -0.05) is 30.0 Å². The third-order valence-corrected chi connectivity index (χ3v) is 6.78. The van der Waals surface area contributed by atoms with Crippen LogP contribution in [0.15, 0.2) is 60.3 Å². The molecule has 1 amide bonds. The summed E-state index contributed by atoms with van der Waals surface area (Å²) in [6, 6.07) is 11.6. The van der Waals surface area contributed by atoms with E-state index in [0.29, 0.717) is 34.7 Å². The van der Waals surface area contributed by atoms with Gasteiger partial charge in [-0.2, -0.15) is 0 Å². The van der Waals surface area contributed by atoms with E-state index in [1.54, 1.807) is 41.0 Å². The van der Waals surface area contributed by atoms with E-state index in [1.807, 2.05) is 6.07 Å². The summed E-state index contributed by atoms with van der Waals surface area (Å²) in [7, 11) is 0. The van der Waals surface area contributed by atoms with E-state index in [9.17, 15) is 9.18 Å². The molecule has 1 aromatic heterocycles. The minimum Gasteiger partial charge on any atom is -0.483 e. The van der Waals surface area contributed by atoms with Crippen molar-refractivity contribution >= 4 is 23.4 Å². The molecule has 0 saturated heterocycles. The number of anilines is 1. The van der Waals surface area contributed by atoms with Crippen molar-refractivity contribution in [2.75, 3.05) is 11.1 Å². The molecule has 8 nitrogen and oxygen atoms in total. The van der Waals surface area contributed by atoms with Gasteiger partial charge in [-0.3, -0.25) is 9.36 Å². The van der Waals surface area contributed by atoms with Crippen LogP contribution in [-0.2, 0) is 17.9 Å². The maximum atomic E-state index is 13.8. The van der Waals surface area contributed by atoms with E-state index in [0.717, 1.165) is 25.7 Å². The number of nitrogens with one attached hydrogen (secondary N) is 1. The molecule has 10 heteroatoms. The van der Waals surface area contributed by atoms with Crippen molar-refractivity contribution in [3.63, 3.8) is 0 Å². The van der Waals surface area contributed by atoms with Gasteiger partial charge in [0.2, 0.25) is 5.91 Å². The fourth-order valence-electron chi connectivity index (χ4n) is 4.17. The first-order chi connectivity index (χ1) is 17.0. The summed E-state index contributed by atoms with van der Waals surface area (Å²) in [6.45, 7) is 4.23. The number of carbonyl (C=O) groups is 1. The van der Waals surface area contributed by atoms with Gasteiger partial charge >= 0.3 is 0 Å². The maximum absolute atomic E-state index is 13.8. The fourth-order valence-corrected chi connectivity index (χ4v) is 4.93. The Hall–Kier alpha value is -3.53. The van der Waals surface area contributed by atoms with Crippen LogP contribution in [0, 0.1) is 5.82 Å². The Morgan fingerprint density at radius 3 is 2.80 bits per heavy atom. The minimum atomic E-state index is -0.538. The van der Waals surface area contributed by atoms with Crippen LogP contribution >= 0.6 is 11.8 Å². The molecule has 1 aliphatic heterocycles. The molecule has 35 heavy (non-hydrogen) atoms. The number of hydrogen-bond acceptors (Lipinski definition) is 7. The van der Waals surface area contributed by atoms with Crippen molar-refractivity contribution in [3.8, 4) is 17.2 Å². The molecule has 5 rings (SSSR count). The molecular weight excluding hydrogens is 471 g/mol. The van der Waals surface area contributed by atoms with E-state index in [2.05, 4.69) is 22.1 Å². The summed E-state index contributed by atoms with van der Waals surface area (Å²) in [5.41, 5.74) is 0.638. The number of fused-ring (bicyclic) bond motifs is 1. The van der Waals surface area contributed by atoms with Crippen LogP contribution in [0.25, 0.3) is 0 Å². The Morgan fingerprint density at radius 2 is 2.00 bits per heavy atom. The van der Waals surface area contributed by atoms with Crippen molar-refractivity contribution in [2.45, 2.75) is 49.8 Å². The molecule has 2 aliphatic rings. The van der Waals surface area contributed by atoms with Crippen LogP contribution < -0.4 is 19.5 Å². The Balaban J connectivity index is 1.18. The molecule has 3 aromatic rings. The van der Waals surface area contributed by atoms with Crippen molar-refractivity contribution in [2.24, 2.45) is 0 Å². The first kappa shape index (κ1) is 23.2. The third kappa shape index (κ3) is 5.12. The van der Waals surface area contributed by atoms with Crippen molar-refractivity contribution < 1.29 is 23.4 Å². The average Bonchev–Trinajstić information content (AvgIpc) is 3.56. The van der Waals surface area contributed by atoms with Gasteiger partial charge in [-0.05, 0) is 37.1 Å². The molecule has 1 aliphatic carbocycles. The topological polar surface area (TPSA) is 87.5 Å². The van der Waals surface area contributed by atoms with Crippen molar-refractivity contribution in [1.82, 2.24) is 14.8 Å². The predicted molar refractivity (Wildman–Crippen MR) is 129 cm³/mol. The van der Waals surface area contributed by atoms with Crippen LogP contribution in [0.3, 0.4) is 0 Å². The highest BCUT2D eigenvalue weighted by Gasteiger charge is 2.44. The second-order valence-electron chi connectivity index (χ2n) is 8.34. The van der Waals surface area contributed by atoms with Gasteiger partial charge in [0, 0.05) is 31.1 Å². The van der Waals surface area contributed by atoms with E-state index in [1.165, 1.54) is 17.8 Å². The monoisotopic (exact) mass is 496 g/mol. The van der Waals surface area contributed by atoms with Crippen LogP contribution in [0.5, 0.6) is 17.2 Å². The molecule has 1 fully saturated rings. The summed E-state index contributed by atoms with van der Waals surface area (Å²) >= 11 is 1.24. The highest BCUT2D eigenvalue weighted by atomic mass is 32.2. The molecule has 0 bridgehead atoms. The molecule has 182 valence electrons. The van der Waals surface area contributed by atoms with Crippen molar-refractivity contribution in [3.05, 3.63) is 66.8 Å². The van der Waals surface area contributed by atoms with Gasteiger partial charge in [0.15, 0.2) is 34.0 Å². The molecule has 0 atom stereocenters. The Kier molecular flexibility index (Phi) is 6.63. The van der Waals surface area contributed by atoms with Crippen LogP contribution in [0.4, 0.5) is 10.1 Å². The summed E-state index contributed by atoms with van der Waals surface area (Å²) in [5, 5.41) is 11.8. The standard InChI is InChI=1S/C25H25FN4O4S/c1-2-13-30-22(15-32-19-8-4-3-7-18(19)26)28-29-24(30)35-16-23(31)27-17-9-10-20-21(14-17)34-25(33-20)11-5-6-12-25/h2-4,7-10,14H,1,5-6,11-13,15-16H2,(H,27,31). The molecule has 0 radical (unpaired) electrons. The zero-order valence-electron chi connectivity index (χ0n) is 19.0. The number of halogens is 1. The van der Waals surface area contributed by atoms with Gasteiger partial charge < -0.3 is 19.5 Å². The average molecular weight is 497 g/mol. The van der Waals surface area contributed by atoms with Gasteiger partial charge in [0.25, 0.3) is 5.79 Å². The summed E-state index contributed by atoms with van der Waals surface area (Å²) in [4.78, 5) is 12.6. The zero-order valence-corrected chi connectivity index (χ0v) is 19.9. The van der Waals surface area contributed by atoms with E-state index in [4.69, 9.17) is 14.2 Å². The molecular formula is C25H25FN4O4S. The number of nitrogens with zero attached hydrogens (tertiary/aromatic N) is 3. The summed E-state index contributed by atoms with van der Waals surface area (Å²) < 4.78 is 33.3. The van der Waals surface area contributed by atoms with Gasteiger partial charge in [-0.15, -0.1) is 16.8 Å². The largest absolute Gasteiger partial charge is 0.483 e. The molecule has 0 unspecified atom stereocenters. The van der Waals surface area contributed by atoms with Crippen LogP contribution in [-0.4, -0.2) is 32.2 Å². The SMILES string of the molecule is C=CCn1c(COc2ccccc2F)nnc1SCC(=O)Nc1ccc2c(c1)OC1(CCCC1)O2. The quantitative estimate of drug-likeness (QED) is 0.331. The normalized spacial score (nSPS) is 15.3. The predicted octanol–water partition coefficient (Wildman–Crippen LogP) is 4.95. The lowest BCUT2D eigenvalue weighted by molar-refractivity contribution is -0.113. The third-order valence-electron chi connectivity index (χ3n) is 5.82. The highest BCUT2D eigenvalue weighted by Crippen LogP contribution is 2.47. The Morgan fingerprint density at radius 1 is 1.20 bits per heavy atom. The van der Waals surface area contributed by atoms with Crippen molar-refractivity contribution in [1.29, 1.82) is 0 Å². The highest BCUT2D eigenvalue weighted by molar-refractivity contribution is 7.99. The Labute approximate surface area is 206 Å². The first-order valence-electron chi connectivity index (χ1n) is 11.4. The number of ether oxygens (including phenoxy) is 3. The smallest absolute Gasteiger partial charge is 0.251 e. The summed E-state index contributed by atoms with van der Waals surface area (Å²) in [5.74, 6) is 0.956. The van der Waals surface area contributed by atoms with E-state index >= 15 is 0 Å². The van der Waals surface area contributed by atoms with E-state index in [-0.39, 0.29) is 24.0 Å². The summed E-state index contributed by atoms with van der Waals surface area (Å²) in [6.07, 6.45) is 5.62. The Bertz CT molecular complexity index is 1240. The lowest BCUT2D eigenvalue weighted by atomic mass is 10.2. The molecule has 2 heterocycles. The van der Waals surface area contributed by atoms with Crippen LogP contribution in [0.1, 0.15) is 31.5 Å². The number of amides is 1. The molecule has 1 saturated carbocycles. The number of rotatable bonds is 9. The van der Waals surface area contributed by atoms with Gasteiger partial charge in [0.1, 0.15) is 6.61 Å². The minimum absolute atomic E-state index is 0.0349. The molecule has 2 aromatic carbocycles. The second kappa shape index (κ2) is 9.99. The second-order valence-corrected chi connectivity index (χ2v) is 9.28. The zero-order chi connectivity index (χ0) is 24.3. The lowest BCUT2D eigenvalue weighted by Crippen LogP contribution is -2.34. The van der Waals surface area contributed by atoms with E-state index < -0.39 is 11.6 Å². The number of aromatic nitrogens is 3. The first-order valence-corrected chi connectivity index (χ1v) is 12.4. The van der Waals surface area contributed by atoms with Crippen LogP contribution in [0.2, 0.25) is 0 Å². The van der Waals surface area contributed by atoms with Gasteiger partial charge in [-0.25, -0.2) is 4.39 Å². The fraction of sp³-hybridized carbons (Fsp3) is 0.320. The molecule has 1 spiro atoms. The number of thioether (sulfide) groups is 1. The number of allylic oxidation sites excluding steroid dienone is 1. The number of para-hydroxylation sites is 1. The molecule has 1 N–H and O–H groups in total. The maximum Gasteiger partial charge on any atom is 0.251 e. The number of carbonyl (C=O) groups excluding carboxylic acids is 1.